The van der Waals surface area contributed by atoms with Crippen molar-refractivity contribution < 1.29 is 4.74 Å². The van der Waals surface area contributed by atoms with Crippen LogP contribution in [0, 0.1) is 0 Å². The van der Waals surface area contributed by atoms with Crippen LogP contribution in [0.2, 0.25) is 0 Å². The van der Waals surface area contributed by atoms with Crippen molar-refractivity contribution in [3.63, 3.8) is 0 Å². The first kappa shape index (κ1) is 16.5. The molecule has 1 aromatic rings. The molecule has 2 atom stereocenters. The molecule has 1 saturated heterocycles. The van der Waals surface area contributed by atoms with Gasteiger partial charge in [0.05, 0.1) is 6.10 Å². The van der Waals surface area contributed by atoms with Gasteiger partial charge >= 0.3 is 0 Å². The Morgan fingerprint density at radius 3 is 2.76 bits per heavy atom. The van der Waals surface area contributed by atoms with Gasteiger partial charge in [-0.15, -0.1) is 0 Å². The molecular formula is C19H31NO. The van der Waals surface area contributed by atoms with Crippen LogP contribution in [0.3, 0.4) is 0 Å². The van der Waals surface area contributed by atoms with Gasteiger partial charge in [-0.2, -0.15) is 0 Å². The topological polar surface area (TPSA) is 21.3 Å². The minimum absolute atomic E-state index is 0.485. The zero-order valence-electron chi connectivity index (χ0n) is 13.5. The standard InChI is InChI=1S/C19H31NO/c1-2-3-5-13-19(17-10-6-4-7-11-17)20-15-14-18-12-8-9-16-21-18/h4,6-7,10-11,18-20H,2-3,5,8-9,12-16H2,1H3. The third-order valence-electron chi connectivity index (χ3n) is 4.43. The van der Waals surface area contributed by atoms with E-state index in [4.69, 9.17) is 4.74 Å². The second-order valence-electron chi connectivity index (χ2n) is 6.19. The fraction of sp³-hybridized carbons (Fsp3) is 0.684. The number of hydrogen-bond acceptors (Lipinski definition) is 2. The second kappa shape index (κ2) is 9.97. The fourth-order valence-corrected chi connectivity index (χ4v) is 3.12. The number of hydrogen-bond donors (Lipinski definition) is 1. The van der Waals surface area contributed by atoms with E-state index in [9.17, 15) is 0 Å². The molecule has 1 aromatic carbocycles. The molecule has 1 aliphatic heterocycles. The van der Waals surface area contributed by atoms with E-state index in [1.807, 2.05) is 0 Å². The van der Waals surface area contributed by atoms with Crippen molar-refractivity contribution in [3.05, 3.63) is 35.9 Å². The molecule has 2 unspecified atom stereocenters. The molecule has 1 heterocycles. The van der Waals surface area contributed by atoms with Crippen molar-refractivity contribution in [1.29, 1.82) is 0 Å². The Bertz CT molecular complexity index is 359. The third-order valence-corrected chi connectivity index (χ3v) is 4.43. The molecule has 2 heteroatoms. The normalized spacial score (nSPS) is 20.3. The molecule has 1 fully saturated rings. The quantitative estimate of drug-likeness (QED) is 0.656. The van der Waals surface area contributed by atoms with Gasteiger partial charge in [-0.05, 0) is 44.2 Å². The first-order valence-electron chi connectivity index (χ1n) is 8.80. The van der Waals surface area contributed by atoms with Crippen LogP contribution in [-0.4, -0.2) is 19.3 Å². The summed E-state index contributed by atoms with van der Waals surface area (Å²) in [4.78, 5) is 0. The van der Waals surface area contributed by atoms with E-state index in [1.54, 1.807) is 0 Å². The van der Waals surface area contributed by atoms with Crippen LogP contribution in [0.25, 0.3) is 0 Å². The van der Waals surface area contributed by atoms with E-state index in [2.05, 4.69) is 42.6 Å². The van der Waals surface area contributed by atoms with Crippen LogP contribution in [0.5, 0.6) is 0 Å². The highest BCUT2D eigenvalue weighted by Crippen LogP contribution is 2.21. The Kier molecular flexibility index (Phi) is 7.83. The molecule has 0 spiro atoms. The molecule has 0 bridgehead atoms. The highest BCUT2D eigenvalue weighted by Gasteiger charge is 2.15. The van der Waals surface area contributed by atoms with Gasteiger partial charge in [0.1, 0.15) is 0 Å². The summed E-state index contributed by atoms with van der Waals surface area (Å²) >= 11 is 0. The maximum Gasteiger partial charge on any atom is 0.0587 e. The van der Waals surface area contributed by atoms with Crippen molar-refractivity contribution in [3.8, 4) is 0 Å². The largest absolute Gasteiger partial charge is 0.378 e. The van der Waals surface area contributed by atoms with Crippen LogP contribution in [0.4, 0.5) is 0 Å². The van der Waals surface area contributed by atoms with Gasteiger partial charge in [-0.25, -0.2) is 0 Å². The fourth-order valence-electron chi connectivity index (χ4n) is 3.12. The Labute approximate surface area is 130 Å². The summed E-state index contributed by atoms with van der Waals surface area (Å²) in [6, 6.07) is 11.4. The number of rotatable bonds is 9. The van der Waals surface area contributed by atoms with E-state index in [0.717, 1.165) is 19.6 Å². The SMILES string of the molecule is CCCCCC(NCCC1CCCCO1)c1ccccc1. The first-order chi connectivity index (χ1) is 10.4. The average Bonchev–Trinajstić information content (AvgIpc) is 2.55. The second-order valence-corrected chi connectivity index (χ2v) is 6.19. The van der Waals surface area contributed by atoms with Crippen LogP contribution >= 0.6 is 0 Å². The average molecular weight is 289 g/mol. The Morgan fingerprint density at radius 1 is 1.19 bits per heavy atom. The van der Waals surface area contributed by atoms with E-state index in [0.29, 0.717) is 12.1 Å². The third kappa shape index (κ3) is 6.19. The van der Waals surface area contributed by atoms with E-state index in [1.165, 1.54) is 50.5 Å². The highest BCUT2D eigenvalue weighted by atomic mass is 16.5. The lowest BCUT2D eigenvalue weighted by Gasteiger charge is -2.24. The van der Waals surface area contributed by atoms with Crippen LogP contribution in [0.1, 0.15) is 69.9 Å². The van der Waals surface area contributed by atoms with Crippen LogP contribution < -0.4 is 5.32 Å². The van der Waals surface area contributed by atoms with Crippen molar-refractivity contribution in [2.45, 2.75) is 70.4 Å². The predicted molar refractivity (Wildman–Crippen MR) is 89.5 cm³/mol. The van der Waals surface area contributed by atoms with Gasteiger partial charge in [-0.1, -0.05) is 56.5 Å². The molecule has 0 radical (unpaired) electrons. The Hall–Kier alpha value is -0.860. The van der Waals surface area contributed by atoms with Gasteiger partial charge in [-0.3, -0.25) is 0 Å². The van der Waals surface area contributed by atoms with Crippen molar-refractivity contribution in [2.75, 3.05) is 13.2 Å². The van der Waals surface area contributed by atoms with Gasteiger partial charge in [0, 0.05) is 12.6 Å². The molecule has 0 amide bonds. The monoisotopic (exact) mass is 289 g/mol. The maximum absolute atomic E-state index is 5.82. The number of benzene rings is 1. The lowest BCUT2D eigenvalue weighted by molar-refractivity contribution is 0.0111. The van der Waals surface area contributed by atoms with Gasteiger partial charge < -0.3 is 10.1 Å². The summed E-state index contributed by atoms with van der Waals surface area (Å²) in [6.45, 7) is 4.30. The molecular weight excluding hydrogens is 258 g/mol. The molecule has 0 saturated carbocycles. The van der Waals surface area contributed by atoms with Crippen molar-refractivity contribution in [2.24, 2.45) is 0 Å². The number of unbranched alkanes of at least 4 members (excludes halogenated alkanes) is 2. The van der Waals surface area contributed by atoms with E-state index in [-0.39, 0.29) is 0 Å². The van der Waals surface area contributed by atoms with E-state index < -0.39 is 0 Å². The minimum Gasteiger partial charge on any atom is -0.378 e. The van der Waals surface area contributed by atoms with Crippen molar-refractivity contribution >= 4 is 0 Å². The summed E-state index contributed by atoms with van der Waals surface area (Å²) in [5.74, 6) is 0. The number of nitrogens with one attached hydrogen (secondary N) is 1. The molecule has 118 valence electrons. The molecule has 21 heavy (non-hydrogen) atoms. The maximum atomic E-state index is 5.82. The van der Waals surface area contributed by atoms with Gasteiger partial charge in [0.2, 0.25) is 0 Å². The Balaban J connectivity index is 1.77. The molecule has 0 aliphatic carbocycles. The molecule has 0 aromatic heterocycles. The summed E-state index contributed by atoms with van der Waals surface area (Å²) in [6.07, 6.45) is 10.6. The zero-order valence-corrected chi connectivity index (χ0v) is 13.5. The summed E-state index contributed by atoms with van der Waals surface area (Å²) in [5, 5.41) is 3.76. The van der Waals surface area contributed by atoms with E-state index >= 15 is 0 Å². The van der Waals surface area contributed by atoms with Gasteiger partial charge in [0.15, 0.2) is 0 Å². The van der Waals surface area contributed by atoms with Gasteiger partial charge in [0.25, 0.3) is 0 Å². The van der Waals surface area contributed by atoms with Crippen LogP contribution in [0.15, 0.2) is 30.3 Å². The zero-order chi connectivity index (χ0) is 14.8. The molecule has 1 N–H and O–H groups in total. The lowest BCUT2D eigenvalue weighted by atomic mass is 10.00. The first-order valence-corrected chi connectivity index (χ1v) is 8.80. The minimum atomic E-state index is 0.485. The number of ether oxygens (including phenoxy) is 1. The molecule has 1 aliphatic rings. The Morgan fingerprint density at radius 2 is 2.05 bits per heavy atom. The van der Waals surface area contributed by atoms with Crippen LogP contribution in [-0.2, 0) is 4.74 Å². The highest BCUT2D eigenvalue weighted by molar-refractivity contribution is 5.18. The summed E-state index contributed by atoms with van der Waals surface area (Å²) < 4.78 is 5.82. The summed E-state index contributed by atoms with van der Waals surface area (Å²) in [5.41, 5.74) is 1.43. The lowest BCUT2D eigenvalue weighted by Crippen LogP contribution is -2.28. The molecule has 2 nitrogen and oxygen atoms in total. The predicted octanol–water partition coefficient (Wildman–Crippen LogP) is 4.86. The summed E-state index contributed by atoms with van der Waals surface area (Å²) in [7, 11) is 0. The molecule has 2 rings (SSSR count). The van der Waals surface area contributed by atoms with Crippen molar-refractivity contribution in [1.82, 2.24) is 5.32 Å². The smallest absolute Gasteiger partial charge is 0.0587 e.